The molecule has 2 aromatic carbocycles. The van der Waals surface area contributed by atoms with Crippen LogP contribution < -0.4 is 4.72 Å². The fourth-order valence-electron chi connectivity index (χ4n) is 3.14. The van der Waals surface area contributed by atoms with Crippen LogP contribution in [0.4, 0.5) is 5.69 Å². The summed E-state index contributed by atoms with van der Waals surface area (Å²) in [5.41, 5.74) is 0.640. The van der Waals surface area contributed by atoms with Gasteiger partial charge in [0.15, 0.2) is 0 Å². The van der Waals surface area contributed by atoms with Crippen molar-refractivity contribution >= 4 is 27.6 Å². The smallest absolute Gasteiger partial charge is 0.337 e. The molecule has 0 spiro atoms. The molecule has 1 fully saturated rings. The monoisotopic (exact) mass is 402 g/mol. The third-order valence-electron chi connectivity index (χ3n) is 4.61. The Labute approximate surface area is 164 Å². The molecule has 1 amide bonds. The molecule has 8 heteroatoms. The van der Waals surface area contributed by atoms with Gasteiger partial charge in [0, 0.05) is 13.1 Å². The molecule has 1 N–H and O–H groups in total. The molecule has 28 heavy (non-hydrogen) atoms. The van der Waals surface area contributed by atoms with Crippen LogP contribution in [0.25, 0.3) is 0 Å². The maximum absolute atomic E-state index is 12.9. The number of benzene rings is 2. The van der Waals surface area contributed by atoms with Crippen LogP contribution in [0.2, 0.25) is 0 Å². The van der Waals surface area contributed by atoms with Crippen molar-refractivity contribution in [1.82, 2.24) is 4.90 Å². The summed E-state index contributed by atoms with van der Waals surface area (Å²) < 4.78 is 32.8. The third-order valence-corrected chi connectivity index (χ3v) is 5.97. The lowest BCUT2D eigenvalue weighted by Crippen LogP contribution is -2.36. The highest BCUT2D eigenvalue weighted by molar-refractivity contribution is 7.92. The SMILES string of the molecule is COC(=O)c1cccc(S(=O)(=O)Nc2ccccc2C(=O)N2CCCCC2)c1. The number of nitrogens with zero attached hydrogens (tertiary/aromatic N) is 1. The van der Waals surface area contributed by atoms with Crippen molar-refractivity contribution < 1.29 is 22.7 Å². The fourth-order valence-corrected chi connectivity index (χ4v) is 4.26. The summed E-state index contributed by atoms with van der Waals surface area (Å²) in [6.45, 7) is 1.34. The van der Waals surface area contributed by atoms with E-state index >= 15 is 0 Å². The topological polar surface area (TPSA) is 92.8 Å². The molecule has 1 heterocycles. The summed E-state index contributed by atoms with van der Waals surface area (Å²) in [5, 5.41) is 0. The number of rotatable bonds is 5. The van der Waals surface area contributed by atoms with Crippen molar-refractivity contribution in [3.05, 3.63) is 59.7 Å². The van der Waals surface area contributed by atoms with Gasteiger partial charge in [0.1, 0.15) is 0 Å². The minimum Gasteiger partial charge on any atom is -0.465 e. The summed E-state index contributed by atoms with van der Waals surface area (Å²) >= 11 is 0. The van der Waals surface area contributed by atoms with E-state index in [4.69, 9.17) is 0 Å². The van der Waals surface area contributed by atoms with Gasteiger partial charge in [-0.05, 0) is 49.6 Å². The maximum Gasteiger partial charge on any atom is 0.337 e. The molecule has 0 aromatic heterocycles. The predicted octanol–water partition coefficient (Wildman–Crippen LogP) is 2.90. The Bertz CT molecular complexity index is 982. The van der Waals surface area contributed by atoms with E-state index in [1.54, 1.807) is 29.2 Å². The molecular weight excluding hydrogens is 380 g/mol. The Morgan fingerprint density at radius 1 is 1.00 bits per heavy atom. The van der Waals surface area contributed by atoms with Crippen LogP contribution in [0.1, 0.15) is 40.0 Å². The molecule has 3 rings (SSSR count). The standard InChI is InChI=1S/C20H22N2O5S/c1-27-20(24)15-8-7-9-16(14-15)28(25,26)21-18-11-4-3-10-17(18)19(23)22-12-5-2-6-13-22/h3-4,7-11,14,21H,2,5-6,12-13H2,1H3. The van der Waals surface area contributed by atoms with Gasteiger partial charge in [0.2, 0.25) is 0 Å². The molecular formula is C20H22N2O5S. The van der Waals surface area contributed by atoms with Crippen molar-refractivity contribution in [3.8, 4) is 0 Å². The van der Waals surface area contributed by atoms with Gasteiger partial charge < -0.3 is 9.64 Å². The lowest BCUT2D eigenvalue weighted by atomic mass is 10.1. The number of amides is 1. The Kier molecular flexibility index (Phi) is 5.99. The van der Waals surface area contributed by atoms with Crippen LogP contribution in [-0.4, -0.2) is 45.4 Å². The molecule has 0 aliphatic carbocycles. The van der Waals surface area contributed by atoms with E-state index in [2.05, 4.69) is 9.46 Å². The number of para-hydroxylation sites is 1. The Hall–Kier alpha value is -2.87. The van der Waals surface area contributed by atoms with Gasteiger partial charge in [-0.25, -0.2) is 13.2 Å². The molecule has 0 unspecified atom stereocenters. The highest BCUT2D eigenvalue weighted by Gasteiger charge is 2.23. The normalized spacial score (nSPS) is 14.4. The molecule has 0 bridgehead atoms. The predicted molar refractivity (Wildman–Crippen MR) is 105 cm³/mol. The van der Waals surface area contributed by atoms with Crippen LogP contribution >= 0.6 is 0 Å². The molecule has 2 aromatic rings. The first-order valence-electron chi connectivity index (χ1n) is 9.02. The van der Waals surface area contributed by atoms with E-state index < -0.39 is 16.0 Å². The van der Waals surface area contributed by atoms with Gasteiger partial charge in [-0.15, -0.1) is 0 Å². The number of hydrogen-bond donors (Lipinski definition) is 1. The summed E-state index contributed by atoms with van der Waals surface area (Å²) in [6.07, 6.45) is 2.98. The second kappa shape index (κ2) is 8.43. The van der Waals surface area contributed by atoms with Gasteiger partial charge >= 0.3 is 5.97 Å². The molecule has 1 aliphatic heterocycles. The number of anilines is 1. The van der Waals surface area contributed by atoms with Crippen LogP contribution in [0, 0.1) is 0 Å². The fraction of sp³-hybridized carbons (Fsp3) is 0.300. The van der Waals surface area contributed by atoms with E-state index in [1.807, 2.05) is 0 Å². The second-order valence-corrected chi connectivity index (χ2v) is 8.21. The van der Waals surface area contributed by atoms with Crippen molar-refractivity contribution in [3.63, 3.8) is 0 Å². The second-order valence-electron chi connectivity index (χ2n) is 6.52. The van der Waals surface area contributed by atoms with Crippen LogP contribution in [0.3, 0.4) is 0 Å². The van der Waals surface area contributed by atoms with Gasteiger partial charge in [-0.2, -0.15) is 0 Å². The quantitative estimate of drug-likeness (QED) is 0.777. The number of carbonyl (C=O) groups excluding carboxylic acids is 2. The highest BCUT2D eigenvalue weighted by atomic mass is 32.2. The average molecular weight is 402 g/mol. The Morgan fingerprint density at radius 2 is 1.71 bits per heavy atom. The van der Waals surface area contributed by atoms with E-state index in [0.717, 1.165) is 19.3 Å². The first-order valence-corrected chi connectivity index (χ1v) is 10.5. The van der Waals surface area contributed by atoms with Crippen molar-refractivity contribution in [2.75, 3.05) is 24.9 Å². The summed E-state index contributed by atoms with van der Waals surface area (Å²) in [6, 6.07) is 12.1. The number of likely N-dealkylation sites (tertiary alicyclic amines) is 1. The van der Waals surface area contributed by atoms with Gasteiger partial charge in [0.05, 0.1) is 28.8 Å². The number of ether oxygens (including phenoxy) is 1. The summed E-state index contributed by atoms with van der Waals surface area (Å²) in [4.78, 5) is 26.2. The molecule has 7 nitrogen and oxygen atoms in total. The minimum absolute atomic E-state index is 0.0874. The number of carbonyl (C=O) groups is 2. The van der Waals surface area contributed by atoms with Crippen molar-refractivity contribution in [2.24, 2.45) is 0 Å². The molecule has 1 aliphatic rings. The Morgan fingerprint density at radius 3 is 2.43 bits per heavy atom. The van der Waals surface area contributed by atoms with E-state index in [0.29, 0.717) is 18.7 Å². The first kappa shape index (κ1) is 19.9. The van der Waals surface area contributed by atoms with Crippen LogP contribution in [0.15, 0.2) is 53.4 Å². The number of piperidine rings is 1. The minimum atomic E-state index is -3.99. The summed E-state index contributed by atoms with van der Waals surface area (Å²) in [5.74, 6) is -0.820. The zero-order valence-corrected chi connectivity index (χ0v) is 16.4. The first-order chi connectivity index (χ1) is 13.4. The molecule has 1 saturated heterocycles. The maximum atomic E-state index is 12.9. The van der Waals surface area contributed by atoms with Crippen LogP contribution in [0.5, 0.6) is 0 Å². The van der Waals surface area contributed by atoms with E-state index in [1.165, 1.54) is 31.4 Å². The van der Waals surface area contributed by atoms with Crippen molar-refractivity contribution in [1.29, 1.82) is 0 Å². The number of sulfonamides is 1. The lowest BCUT2D eigenvalue weighted by molar-refractivity contribution is 0.0600. The highest BCUT2D eigenvalue weighted by Crippen LogP contribution is 2.23. The molecule has 0 atom stereocenters. The zero-order chi connectivity index (χ0) is 20.1. The summed E-state index contributed by atoms with van der Waals surface area (Å²) in [7, 11) is -2.77. The van der Waals surface area contributed by atoms with Gasteiger partial charge in [-0.1, -0.05) is 18.2 Å². The number of nitrogens with one attached hydrogen (secondary N) is 1. The number of methoxy groups -OCH3 is 1. The van der Waals surface area contributed by atoms with Gasteiger partial charge in [-0.3, -0.25) is 9.52 Å². The van der Waals surface area contributed by atoms with Gasteiger partial charge in [0.25, 0.3) is 15.9 Å². The van der Waals surface area contributed by atoms with Crippen molar-refractivity contribution in [2.45, 2.75) is 24.2 Å². The number of hydrogen-bond acceptors (Lipinski definition) is 5. The Balaban J connectivity index is 1.89. The molecule has 0 radical (unpaired) electrons. The largest absolute Gasteiger partial charge is 0.465 e. The number of esters is 1. The lowest BCUT2D eigenvalue weighted by Gasteiger charge is -2.27. The van der Waals surface area contributed by atoms with Crippen LogP contribution in [-0.2, 0) is 14.8 Å². The molecule has 148 valence electrons. The zero-order valence-electron chi connectivity index (χ0n) is 15.6. The molecule has 0 saturated carbocycles. The van der Waals surface area contributed by atoms with E-state index in [9.17, 15) is 18.0 Å². The van der Waals surface area contributed by atoms with E-state index in [-0.39, 0.29) is 22.1 Å². The average Bonchev–Trinajstić information content (AvgIpc) is 2.73. The third kappa shape index (κ3) is 4.33.